The van der Waals surface area contributed by atoms with Crippen molar-refractivity contribution in [1.29, 1.82) is 0 Å². The average molecular weight is 364 g/mol. The van der Waals surface area contributed by atoms with E-state index in [1.807, 2.05) is 0 Å². The first-order valence-electron chi connectivity index (χ1n) is 8.53. The summed E-state index contributed by atoms with van der Waals surface area (Å²) in [4.78, 5) is 35.7. The highest BCUT2D eigenvalue weighted by atomic mass is 16.5. The van der Waals surface area contributed by atoms with Crippen LogP contribution < -0.4 is 9.47 Å². The van der Waals surface area contributed by atoms with Gasteiger partial charge < -0.3 is 14.2 Å². The third-order valence-corrected chi connectivity index (χ3v) is 4.40. The number of hydrogen-bond donors (Lipinski definition) is 0. The topological polar surface area (TPSA) is 78.9 Å². The van der Waals surface area contributed by atoms with E-state index >= 15 is 0 Å². The van der Waals surface area contributed by atoms with E-state index in [9.17, 15) is 14.4 Å². The molecule has 2 aliphatic rings. The highest BCUT2D eigenvalue weighted by molar-refractivity contribution is 6.14. The van der Waals surface area contributed by atoms with Crippen LogP contribution in [0.3, 0.4) is 0 Å². The number of methoxy groups -OCH3 is 1. The molecule has 0 spiro atoms. The van der Waals surface area contributed by atoms with Crippen molar-refractivity contribution in [3.05, 3.63) is 64.9 Å². The van der Waals surface area contributed by atoms with E-state index in [1.165, 1.54) is 7.11 Å². The van der Waals surface area contributed by atoms with Gasteiger partial charge in [-0.05, 0) is 48.7 Å². The highest BCUT2D eigenvalue weighted by Crippen LogP contribution is 2.36. The number of rotatable bonds is 4. The summed E-state index contributed by atoms with van der Waals surface area (Å²) in [7, 11) is 1.32. The van der Waals surface area contributed by atoms with Crippen LogP contribution in [0.15, 0.2) is 48.2 Å². The molecule has 1 fully saturated rings. The molecule has 0 bridgehead atoms. The van der Waals surface area contributed by atoms with Crippen LogP contribution >= 0.6 is 0 Å². The summed E-state index contributed by atoms with van der Waals surface area (Å²) < 4.78 is 15.6. The van der Waals surface area contributed by atoms with Gasteiger partial charge in [0, 0.05) is 6.07 Å². The molecule has 1 aliphatic carbocycles. The quantitative estimate of drug-likeness (QED) is 0.470. The summed E-state index contributed by atoms with van der Waals surface area (Å²) in [6, 6.07) is 11.3. The van der Waals surface area contributed by atoms with Gasteiger partial charge in [0.1, 0.15) is 11.5 Å². The van der Waals surface area contributed by atoms with E-state index in [2.05, 4.69) is 4.74 Å². The lowest BCUT2D eigenvalue weighted by molar-refractivity contribution is -0.135. The van der Waals surface area contributed by atoms with Crippen LogP contribution in [0.4, 0.5) is 0 Å². The maximum Gasteiger partial charge on any atom is 0.337 e. The van der Waals surface area contributed by atoms with Crippen molar-refractivity contribution in [3.8, 4) is 11.5 Å². The van der Waals surface area contributed by atoms with Crippen LogP contribution in [0.25, 0.3) is 6.08 Å². The predicted octanol–water partition coefficient (Wildman–Crippen LogP) is 3.40. The number of esters is 2. The standard InChI is InChI=1S/C21H16O6/c1-25-20(23)13-4-2-12(3-5-13)10-18-19(22)16-9-8-15(11-17(16)27-18)26-21(24)14-6-7-14/h2-5,8-11,14H,6-7H2,1H3. The largest absolute Gasteiger partial charge is 0.465 e. The Balaban J connectivity index is 1.52. The van der Waals surface area contributed by atoms with Gasteiger partial charge >= 0.3 is 11.9 Å². The predicted molar refractivity (Wildman–Crippen MR) is 95.5 cm³/mol. The fraction of sp³-hybridized carbons (Fsp3) is 0.190. The Morgan fingerprint density at radius 2 is 1.85 bits per heavy atom. The number of allylic oxidation sites excluding steroid dienone is 1. The Kier molecular flexibility index (Phi) is 4.24. The van der Waals surface area contributed by atoms with Gasteiger partial charge in [-0.3, -0.25) is 9.59 Å². The molecule has 6 nitrogen and oxygen atoms in total. The van der Waals surface area contributed by atoms with Crippen molar-refractivity contribution < 1.29 is 28.6 Å². The molecule has 136 valence electrons. The second kappa shape index (κ2) is 6.72. The van der Waals surface area contributed by atoms with E-state index in [-0.39, 0.29) is 23.4 Å². The summed E-state index contributed by atoms with van der Waals surface area (Å²) >= 11 is 0. The lowest BCUT2D eigenvalue weighted by Gasteiger charge is -2.04. The molecular weight excluding hydrogens is 348 g/mol. The Labute approximate surface area is 155 Å². The van der Waals surface area contributed by atoms with Crippen LogP contribution in [-0.4, -0.2) is 24.8 Å². The van der Waals surface area contributed by atoms with Crippen LogP contribution in [0, 0.1) is 5.92 Å². The number of ether oxygens (including phenoxy) is 3. The third kappa shape index (κ3) is 3.46. The number of benzene rings is 2. The minimum absolute atomic E-state index is 0.00998. The zero-order valence-corrected chi connectivity index (χ0v) is 14.6. The first-order valence-corrected chi connectivity index (χ1v) is 8.53. The van der Waals surface area contributed by atoms with Gasteiger partial charge in [-0.2, -0.15) is 0 Å². The molecule has 0 radical (unpaired) electrons. The first-order chi connectivity index (χ1) is 13.0. The van der Waals surface area contributed by atoms with Crippen LogP contribution in [0.5, 0.6) is 11.5 Å². The number of hydrogen-bond acceptors (Lipinski definition) is 6. The second-order valence-corrected chi connectivity index (χ2v) is 6.41. The number of ketones is 1. The SMILES string of the molecule is COC(=O)c1ccc(C=C2Oc3cc(OC(=O)C4CC4)ccc3C2=O)cc1. The molecule has 0 saturated heterocycles. The van der Waals surface area contributed by atoms with Gasteiger partial charge in [0.25, 0.3) is 0 Å². The lowest BCUT2D eigenvalue weighted by atomic mass is 10.1. The first kappa shape index (κ1) is 17.0. The van der Waals surface area contributed by atoms with Gasteiger partial charge in [-0.25, -0.2) is 4.79 Å². The van der Waals surface area contributed by atoms with Gasteiger partial charge in [0.05, 0.1) is 24.2 Å². The van der Waals surface area contributed by atoms with Crippen molar-refractivity contribution in [1.82, 2.24) is 0 Å². The highest BCUT2D eigenvalue weighted by Gasteiger charge is 2.32. The van der Waals surface area contributed by atoms with E-state index in [1.54, 1.807) is 48.5 Å². The summed E-state index contributed by atoms with van der Waals surface area (Å²) in [6.07, 6.45) is 3.32. The molecule has 4 rings (SSSR count). The van der Waals surface area contributed by atoms with Crippen LogP contribution in [0.2, 0.25) is 0 Å². The van der Waals surface area contributed by atoms with Gasteiger partial charge in [-0.1, -0.05) is 12.1 Å². The minimum Gasteiger partial charge on any atom is -0.465 e. The molecule has 0 unspecified atom stereocenters. The van der Waals surface area contributed by atoms with Gasteiger partial charge in [-0.15, -0.1) is 0 Å². The fourth-order valence-corrected chi connectivity index (χ4v) is 2.73. The molecule has 6 heteroatoms. The van der Waals surface area contributed by atoms with Crippen LogP contribution in [0.1, 0.15) is 39.1 Å². The molecule has 1 saturated carbocycles. The number of carbonyl (C=O) groups excluding carboxylic acids is 3. The Bertz CT molecular complexity index is 967. The Morgan fingerprint density at radius 3 is 2.52 bits per heavy atom. The molecule has 1 aliphatic heterocycles. The average Bonchev–Trinajstić information content (AvgIpc) is 3.48. The van der Waals surface area contributed by atoms with Gasteiger partial charge in [0.15, 0.2) is 5.76 Å². The molecular formula is C21H16O6. The molecule has 1 heterocycles. The molecule has 0 amide bonds. The van der Waals surface area contributed by atoms with Crippen molar-refractivity contribution in [2.24, 2.45) is 5.92 Å². The minimum atomic E-state index is -0.428. The summed E-state index contributed by atoms with van der Waals surface area (Å²) in [5.74, 6) is -0.0442. The number of fused-ring (bicyclic) bond motifs is 1. The fourth-order valence-electron chi connectivity index (χ4n) is 2.73. The zero-order chi connectivity index (χ0) is 19.0. The molecule has 0 atom stereocenters. The summed E-state index contributed by atoms with van der Waals surface area (Å²) in [5.41, 5.74) is 1.54. The van der Waals surface area contributed by atoms with Crippen molar-refractivity contribution >= 4 is 23.8 Å². The zero-order valence-electron chi connectivity index (χ0n) is 14.6. The molecule has 2 aromatic rings. The van der Waals surface area contributed by atoms with Crippen molar-refractivity contribution in [3.63, 3.8) is 0 Å². The molecule has 0 N–H and O–H groups in total. The Morgan fingerprint density at radius 1 is 1.11 bits per heavy atom. The smallest absolute Gasteiger partial charge is 0.337 e. The maximum absolute atomic E-state index is 12.5. The van der Waals surface area contributed by atoms with Crippen molar-refractivity contribution in [2.45, 2.75) is 12.8 Å². The van der Waals surface area contributed by atoms with Crippen LogP contribution in [-0.2, 0) is 9.53 Å². The molecule has 0 aromatic heterocycles. The Hall–Kier alpha value is -3.41. The maximum atomic E-state index is 12.5. The van der Waals surface area contributed by atoms with Crippen molar-refractivity contribution in [2.75, 3.05) is 7.11 Å². The summed E-state index contributed by atoms with van der Waals surface area (Å²) in [5, 5.41) is 0. The third-order valence-electron chi connectivity index (χ3n) is 4.40. The van der Waals surface area contributed by atoms with E-state index < -0.39 is 5.97 Å². The molecule has 27 heavy (non-hydrogen) atoms. The van der Waals surface area contributed by atoms with E-state index in [0.717, 1.165) is 12.8 Å². The number of carbonyl (C=O) groups is 3. The normalized spacial score (nSPS) is 16.6. The summed E-state index contributed by atoms with van der Waals surface area (Å²) in [6.45, 7) is 0. The number of Topliss-reactive ketones (excluding diaryl/α,β-unsaturated/α-hetero) is 1. The monoisotopic (exact) mass is 364 g/mol. The lowest BCUT2D eigenvalue weighted by Crippen LogP contribution is -2.09. The van der Waals surface area contributed by atoms with Gasteiger partial charge in [0.2, 0.25) is 5.78 Å². The van der Waals surface area contributed by atoms with E-state index in [4.69, 9.17) is 9.47 Å². The van der Waals surface area contributed by atoms with E-state index in [0.29, 0.717) is 28.2 Å². The second-order valence-electron chi connectivity index (χ2n) is 6.41. The molecule has 2 aromatic carbocycles.